The minimum atomic E-state index is -1.14. The second-order valence-corrected chi connectivity index (χ2v) is 6.70. The Kier molecular flexibility index (Phi) is 7.37. The number of aliphatic carboxylic acids is 1. The Morgan fingerprint density at radius 1 is 1.36 bits per heavy atom. The number of nitrogens with two attached hydrogens (primary N) is 1. The van der Waals surface area contributed by atoms with Gasteiger partial charge in [0.25, 0.3) is 5.69 Å². The summed E-state index contributed by atoms with van der Waals surface area (Å²) in [6.07, 6.45) is 0.277. The molecule has 0 fully saturated rings. The van der Waals surface area contributed by atoms with Crippen molar-refractivity contribution in [3.8, 4) is 0 Å². The van der Waals surface area contributed by atoms with E-state index in [4.69, 9.17) is 10.8 Å². The third-order valence-electron chi connectivity index (χ3n) is 3.14. The topological polar surface area (TPSA) is 153 Å². The van der Waals surface area contributed by atoms with Crippen LogP contribution in [0.1, 0.15) is 30.6 Å². The monoisotopic (exact) mass is 369 g/mol. The molecule has 1 rings (SSSR count). The van der Waals surface area contributed by atoms with Gasteiger partial charge in [0.05, 0.1) is 15.6 Å². The van der Waals surface area contributed by atoms with Crippen molar-refractivity contribution in [2.45, 2.75) is 31.2 Å². The number of carboxylic acid groups (broad SMARTS) is 1. The van der Waals surface area contributed by atoms with Gasteiger partial charge in [-0.2, -0.15) is 0 Å². The van der Waals surface area contributed by atoms with Crippen LogP contribution in [0.3, 0.4) is 0 Å². The van der Waals surface area contributed by atoms with E-state index in [0.717, 1.165) is 17.8 Å². The number of carboxylic acids is 1. The fraction of sp³-hybridized carbons (Fsp3) is 0.400. The third-order valence-corrected chi connectivity index (χ3v) is 4.20. The van der Waals surface area contributed by atoms with Gasteiger partial charge in [0.15, 0.2) is 0 Å². The van der Waals surface area contributed by atoms with Crippen LogP contribution in [0.25, 0.3) is 0 Å². The number of thioether (sulfide) groups is 1. The van der Waals surface area contributed by atoms with Gasteiger partial charge >= 0.3 is 5.97 Å². The summed E-state index contributed by atoms with van der Waals surface area (Å²) in [5, 5.41) is 22.6. The van der Waals surface area contributed by atoms with Crippen LogP contribution >= 0.6 is 11.8 Å². The number of rotatable bonds is 9. The molecule has 4 N–H and O–H groups in total. The van der Waals surface area contributed by atoms with Crippen molar-refractivity contribution < 1.29 is 24.4 Å². The molecule has 25 heavy (non-hydrogen) atoms. The van der Waals surface area contributed by atoms with Gasteiger partial charge in [-0.05, 0) is 24.5 Å². The van der Waals surface area contributed by atoms with Gasteiger partial charge in [-0.1, -0.05) is 13.8 Å². The van der Waals surface area contributed by atoms with Crippen molar-refractivity contribution in [3.63, 3.8) is 0 Å². The number of nitro groups is 1. The van der Waals surface area contributed by atoms with Crippen molar-refractivity contribution in [2.75, 3.05) is 5.75 Å². The molecule has 9 nitrogen and oxygen atoms in total. The van der Waals surface area contributed by atoms with Crippen LogP contribution < -0.4 is 11.1 Å². The van der Waals surface area contributed by atoms with Gasteiger partial charge in [0, 0.05) is 11.6 Å². The molecular weight excluding hydrogens is 350 g/mol. The summed E-state index contributed by atoms with van der Waals surface area (Å²) in [6.45, 7) is 3.67. The van der Waals surface area contributed by atoms with E-state index in [1.807, 2.05) is 13.8 Å². The van der Waals surface area contributed by atoms with Gasteiger partial charge in [-0.3, -0.25) is 19.7 Å². The van der Waals surface area contributed by atoms with Crippen LogP contribution in [0.5, 0.6) is 0 Å². The molecule has 0 radical (unpaired) electrons. The summed E-state index contributed by atoms with van der Waals surface area (Å²) in [5.41, 5.74) is 4.74. The molecule has 0 bridgehead atoms. The summed E-state index contributed by atoms with van der Waals surface area (Å²) in [5.74, 6) is -2.60. The zero-order valence-corrected chi connectivity index (χ0v) is 14.5. The summed E-state index contributed by atoms with van der Waals surface area (Å²) >= 11 is 0.878. The standard InChI is InChI=1S/C15H19N3O6S/c1-8(2)5-10(15(21)22)17-13(19)7-25-12-4-3-9(14(16)20)6-11(12)18(23)24/h3-4,6,8,10H,5,7H2,1-2H3,(H2,16,20)(H,17,19)(H,21,22). The first-order chi connectivity index (χ1) is 11.6. The molecule has 0 aliphatic rings. The summed E-state index contributed by atoms with van der Waals surface area (Å²) in [6, 6.07) is 2.69. The van der Waals surface area contributed by atoms with Crippen LogP contribution in [0.4, 0.5) is 5.69 Å². The molecular formula is C15H19N3O6S. The van der Waals surface area contributed by atoms with E-state index in [-0.39, 0.29) is 34.2 Å². The van der Waals surface area contributed by atoms with Gasteiger partial charge in [-0.15, -0.1) is 11.8 Å². The highest BCUT2D eigenvalue weighted by atomic mass is 32.2. The van der Waals surface area contributed by atoms with Gasteiger partial charge in [0.2, 0.25) is 11.8 Å². The Morgan fingerprint density at radius 3 is 2.48 bits per heavy atom. The quantitative estimate of drug-likeness (QED) is 0.338. The maximum Gasteiger partial charge on any atom is 0.326 e. The number of hydrogen-bond donors (Lipinski definition) is 3. The first-order valence-electron chi connectivity index (χ1n) is 7.35. The predicted octanol–water partition coefficient (Wildman–Crippen LogP) is 1.40. The molecule has 2 amide bonds. The lowest BCUT2D eigenvalue weighted by Gasteiger charge is -2.16. The minimum absolute atomic E-state index is 0.0108. The molecule has 1 aromatic rings. The number of nitrogens with zero attached hydrogens (tertiary/aromatic N) is 1. The maximum atomic E-state index is 11.9. The molecule has 10 heteroatoms. The largest absolute Gasteiger partial charge is 0.480 e. The molecule has 136 valence electrons. The van der Waals surface area contributed by atoms with Crippen molar-refractivity contribution in [1.82, 2.24) is 5.32 Å². The van der Waals surface area contributed by atoms with Crippen LogP contribution in [-0.4, -0.2) is 39.6 Å². The smallest absolute Gasteiger partial charge is 0.326 e. The Labute approximate surface area is 148 Å². The molecule has 0 aromatic heterocycles. The van der Waals surface area contributed by atoms with Crippen molar-refractivity contribution in [1.29, 1.82) is 0 Å². The van der Waals surface area contributed by atoms with Gasteiger partial charge < -0.3 is 16.2 Å². The highest BCUT2D eigenvalue weighted by Crippen LogP contribution is 2.30. The molecule has 0 aliphatic heterocycles. The maximum absolute atomic E-state index is 11.9. The Hall–Kier alpha value is -2.62. The predicted molar refractivity (Wildman–Crippen MR) is 91.4 cm³/mol. The fourth-order valence-electron chi connectivity index (χ4n) is 2.01. The number of primary amides is 1. The van der Waals surface area contributed by atoms with Crippen LogP contribution in [0.2, 0.25) is 0 Å². The number of carbonyl (C=O) groups is 3. The molecule has 0 aliphatic carbocycles. The molecule has 0 saturated heterocycles. The number of hydrogen-bond acceptors (Lipinski definition) is 6. The highest BCUT2D eigenvalue weighted by Gasteiger charge is 2.22. The average molecular weight is 369 g/mol. The lowest BCUT2D eigenvalue weighted by atomic mass is 10.0. The van der Waals surface area contributed by atoms with E-state index in [2.05, 4.69) is 5.32 Å². The van der Waals surface area contributed by atoms with Crippen molar-refractivity contribution in [2.24, 2.45) is 11.7 Å². The Balaban J connectivity index is 2.80. The minimum Gasteiger partial charge on any atom is -0.480 e. The van der Waals surface area contributed by atoms with E-state index >= 15 is 0 Å². The van der Waals surface area contributed by atoms with E-state index in [9.17, 15) is 24.5 Å². The Bertz CT molecular complexity index is 692. The first-order valence-corrected chi connectivity index (χ1v) is 8.33. The number of nitro benzene ring substituents is 1. The number of amides is 2. The number of benzene rings is 1. The SMILES string of the molecule is CC(C)CC(NC(=O)CSc1ccc(C(N)=O)cc1[N+](=O)[O-])C(=O)O. The molecule has 0 spiro atoms. The molecule has 0 saturated carbocycles. The third kappa shape index (κ3) is 6.42. The lowest BCUT2D eigenvalue weighted by molar-refractivity contribution is -0.387. The van der Waals surface area contributed by atoms with Crippen LogP contribution in [0, 0.1) is 16.0 Å². The van der Waals surface area contributed by atoms with Crippen LogP contribution in [0.15, 0.2) is 23.1 Å². The second-order valence-electron chi connectivity index (χ2n) is 5.68. The molecule has 1 aromatic carbocycles. The van der Waals surface area contributed by atoms with Crippen molar-refractivity contribution >= 4 is 35.2 Å². The van der Waals surface area contributed by atoms with E-state index in [0.29, 0.717) is 0 Å². The summed E-state index contributed by atoms with van der Waals surface area (Å²) in [7, 11) is 0. The zero-order valence-electron chi connectivity index (χ0n) is 13.7. The number of nitrogens with one attached hydrogen (secondary N) is 1. The van der Waals surface area contributed by atoms with Crippen molar-refractivity contribution in [3.05, 3.63) is 33.9 Å². The second kappa shape index (κ2) is 9.02. The van der Waals surface area contributed by atoms with Gasteiger partial charge in [0.1, 0.15) is 6.04 Å². The lowest BCUT2D eigenvalue weighted by Crippen LogP contribution is -2.42. The van der Waals surface area contributed by atoms with Crippen LogP contribution in [-0.2, 0) is 9.59 Å². The van der Waals surface area contributed by atoms with E-state index in [1.54, 1.807) is 0 Å². The first kappa shape index (κ1) is 20.4. The Morgan fingerprint density at radius 2 is 2.00 bits per heavy atom. The molecule has 1 atom stereocenters. The highest BCUT2D eigenvalue weighted by molar-refractivity contribution is 8.00. The molecule has 0 heterocycles. The zero-order chi connectivity index (χ0) is 19.1. The summed E-state index contributed by atoms with van der Waals surface area (Å²) in [4.78, 5) is 44.8. The van der Waals surface area contributed by atoms with E-state index in [1.165, 1.54) is 12.1 Å². The van der Waals surface area contributed by atoms with E-state index < -0.39 is 28.7 Å². The number of carbonyl (C=O) groups excluding carboxylic acids is 2. The normalized spacial score (nSPS) is 11.8. The fourth-order valence-corrected chi connectivity index (χ4v) is 2.82. The summed E-state index contributed by atoms with van der Waals surface area (Å²) < 4.78 is 0. The average Bonchev–Trinajstić information content (AvgIpc) is 2.51. The molecule has 1 unspecified atom stereocenters. The van der Waals surface area contributed by atoms with Gasteiger partial charge in [-0.25, -0.2) is 4.79 Å².